The number of aliphatic carboxylic acids is 1. The number of aromatic hydroxyl groups is 1. The molecule has 0 amide bonds. The summed E-state index contributed by atoms with van der Waals surface area (Å²) in [5.74, 6) is -0.230. The highest BCUT2D eigenvalue weighted by Crippen LogP contribution is 2.47. The number of fused-ring (bicyclic) bond motifs is 1. The van der Waals surface area contributed by atoms with Crippen LogP contribution in [0.1, 0.15) is 27.9 Å². The minimum Gasteiger partial charge on any atom is -0.508 e. The predicted molar refractivity (Wildman–Crippen MR) is 264 cm³/mol. The zero-order valence-electron chi connectivity index (χ0n) is 39.6. The molecule has 0 radical (unpaired) electrons. The quantitative estimate of drug-likeness (QED) is 0.0367. The van der Waals surface area contributed by atoms with E-state index in [2.05, 4.69) is 26.5 Å². The number of carboxylic acid groups (broad SMARTS) is 1. The fourth-order valence-electron chi connectivity index (χ4n) is 7.92. The van der Waals surface area contributed by atoms with Gasteiger partial charge >= 0.3 is 5.97 Å². The Bertz CT molecular complexity index is 3330. The van der Waals surface area contributed by atoms with Crippen LogP contribution in [-0.2, 0) is 36.9 Å². The zero-order chi connectivity index (χ0) is 50.9. The molecule has 16 nitrogen and oxygen atoms in total. The van der Waals surface area contributed by atoms with Crippen LogP contribution in [0.5, 0.6) is 28.9 Å². The molecular weight excluding hydrogens is 948 g/mol. The van der Waals surface area contributed by atoms with Gasteiger partial charge in [-0.1, -0.05) is 35.9 Å². The topological polar surface area (TPSA) is 212 Å². The van der Waals surface area contributed by atoms with Crippen LogP contribution in [0.3, 0.4) is 0 Å². The molecule has 370 valence electrons. The lowest BCUT2D eigenvalue weighted by atomic mass is 9.92. The van der Waals surface area contributed by atoms with Crippen molar-refractivity contribution < 1.29 is 60.1 Å². The maximum Gasteiger partial charge on any atom is 0.345 e. The molecule has 8 rings (SSSR count). The minimum absolute atomic E-state index is 0.00538. The van der Waals surface area contributed by atoms with E-state index in [1.165, 1.54) is 60.9 Å². The Morgan fingerprint density at radius 3 is 2.33 bits per heavy atom. The first kappa shape index (κ1) is 50.2. The predicted octanol–water partition coefficient (Wildman–Crippen LogP) is 9.80. The molecule has 0 aliphatic heterocycles. The Morgan fingerprint density at radius 1 is 0.861 bits per heavy atom. The van der Waals surface area contributed by atoms with E-state index in [0.29, 0.717) is 62.0 Å². The van der Waals surface area contributed by atoms with Crippen LogP contribution < -0.4 is 18.9 Å². The Labute approximate surface area is 414 Å². The molecule has 2 N–H and O–H groups in total. The normalized spacial score (nSPS) is 12.3. The van der Waals surface area contributed by atoms with Crippen LogP contribution in [0.25, 0.3) is 44.9 Å². The number of carbonyl (C=O) groups is 1. The zero-order valence-corrected chi connectivity index (χ0v) is 40.4. The lowest BCUT2D eigenvalue weighted by molar-refractivity contribution is -0.145. The number of phenolic OH excluding ortho intramolecular Hbond substituents is 1. The number of carboxylic acids is 1. The SMILES string of the molecule is C=CCOC[C@H](COS(=O)(=O)c1ccc(C)cc1)Oc1cc(C)c(-c2c(-c3ccc(F)cc3)oc3ncnc(O[C@H](Cc4cc(O)ccc4OCc4ccnc(-c5ccccc5OC)n4)C(=O)O)c23)c(C)c1. The average molecular weight is 997 g/mol. The summed E-state index contributed by atoms with van der Waals surface area (Å²) in [5, 5.41) is 21.5. The van der Waals surface area contributed by atoms with Gasteiger partial charge in [0.25, 0.3) is 10.1 Å². The molecule has 8 aromatic rings. The number of nitrogens with zero attached hydrogens (tertiary/aromatic N) is 4. The van der Waals surface area contributed by atoms with Crippen molar-refractivity contribution in [1.29, 1.82) is 0 Å². The number of halogens is 1. The van der Waals surface area contributed by atoms with E-state index in [-0.39, 0.29) is 72.0 Å². The fraction of sp³-hybridized carbons (Fsp3) is 0.204. The van der Waals surface area contributed by atoms with Crippen LogP contribution >= 0.6 is 0 Å². The van der Waals surface area contributed by atoms with Gasteiger partial charge in [-0.05, 0) is 122 Å². The fourth-order valence-corrected chi connectivity index (χ4v) is 8.86. The molecule has 2 atom stereocenters. The first-order valence-corrected chi connectivity index (χ1v) is 23.9. The van der Waals surface area contributed by atoms with Crippen LogP contribution in [0.15, 0.2) is 144 Å². The van der Waals surface area contributed by atoms with Crippen molar-refractivity contribution in [3.8, 4) is 62.7 Å². The lowest BCUT2D eigenvalue weighted by Crippen LogP contribution is -2.30. The summed E-state index contributed by atoms with van der Waals surface area (Å²) < 4.78 is 82.5. The Morgan fingerprint density at radius 2 is 1.61 bits per heavy atom. The summed E-state index contributed by atoms with van der Waals surface area (Å²) >= 11 is 0. The van der Waals surface area contributed by atoms with Gasteiger partial charge in [0.05, 0.1) is 36.5 Å². The van der Waals surface area contributed by atoms with Crippen molar-refractivity contribution in [2.24, 2.45) is 0 Å². The van der Waals surface area contributed by atoms with Crippen molar-refractivity contribution in [3.63, 3.8) is 0 Å². The molecule has 0 bridgehead atoms. The molecule has 18 heteroatoms. The Hall–Kier alpha value is -8.19. The number of ether oxygens (including phenoxy) is 5. The van der Waals surface area contributed by atoms with Gasteiger partial charge < -0.3 is 38.3 Å². The summed E-state index contributed by atoms with van der Waals surface area (Å²) in [7, 11) is -2.58. The van der Waals surface area contributed by atoms with Gasteiger partial charge in [-0.3, -0.25) is 4.18 Å². The number of furan rings is 1. The molecular formula is C54H49FN4O12S. The highest BCUT2D eigenvalue weighted by molar-refractivity contribution is 7.86. The van der Waals surface area contributed by atoms with Crippen molar-refractivity contribution in [1.82, 2.24) is 19.9 Å². The summed E-state index contributed by atoms with van der Waals surface area (Å²) in [4.78, 5) is 31.0. The third-order valence-electron chi connectivity index (χ3n) is 11.3. The molecule has 3 heterocycles. The molecule has 72 heavy (non-hydrogen) atoms. The van der Waals surface area contributed by atoms with E-state index >= 15 is 0 Å². The van der Waals surface area contributed by atoms with Gasteiger partial charge in [-0.25, -0.2) is 29.1 Å². The maximum atomic E-state index is 14.3. The molecule has 0 spiro atoms. The number of hydrogen-bond acceptors (Lipinski definition) is 15. The van der Waals surface area contributed by atoms with Gasteiger partial charge in [0.1, 0.15) is 65.6 Å². The lowest BCUT2D eigenvalue weighted by Gasteiger charge is -2.21. The number of phenols is 1. The van der Waals surface area contributed by atoms with E-state index in [1.54, 1.807) is 55.8 Å². The van der Waals surface area contributed by atoms with Gasteiger partial charge in [-0.2, -0.15) is 8.42 Å². The van der Waals surface area contributed by atoms with E-state index in [1.807, 2.05) is 39.0 Å². The van der Waals surface area contributed by atoms with Gasteiger partial charge in [0, 0.05) is 29.3 Å². The summed E-state index contributed by atoms with van der Waals surface area (Å²) in [6.45, 7) is 8.90. The van der Waals surface area contributed by atoms with Gasteiger partial charge in [0.15, 0.2) is 5.82 Å². The van der Waals surface area contributed by atoms with Crippen molar-refractivity contribution in [3.05, 3.63) is 168 Å². The monoisotopic (exact) mass is 996 g/mol. The molecule has 0 fully saturated rings. The molecule has 0 aliphatic carbocycles. The first-order valence-electron chi connectivity index (χ1n) is 22.5. The number of methoxy groups -OCH3 is 1. The minimum atomic E-state index is -4.14. The third-order valence-corrected chi connectivity index (χ3v) is 12.6. The van der Waals surface area contributed by atoms with E-state index in [9.17, 15) is 27.8 Å². The standard InChI is InChI=1S/C54H49FN4O12S/c1-6-23-66-29-41(30-68-72(63,64)42-18-11-32(2)12-19-42)69-40-24-33(3)47(34(4)25-40)48-49-52(57-31-58-53(49)71-50(48)35-13-15-37(55)16-14-35)70-46(54(61)62)27-36-26-39(60)17-20-44(36)67-28-38-21-22-56-51(59-38)43-9-7-8-10-45(43)65-5/h6-22,24-26,31,41,46,60H,1,23,27-30H2,2-5H3,(H,61,62)/t41-,46-/m1/s1. The Kier molecular flexibility index (Phi) is 15.5. The number of aromatic nitrogens is 4. The first-order chi connectivity index (χ1) is 34.7. The van der Waals surface area contributed by atoms with Crippen LogP contribution in [0.2, 0.25) is 0 Å². The smallest absolute Gasteiger partial charge is 0.345 e. The maximum absolute atomic E-state index is 14.3. The third kappa shape index (κ3) is 11.7. The van der Waals surface area contributed by atoms with Crippen LogP contribution in [0, 0.1) is 26.6 Å². The van der Waals surface area contributed by atoms with E-state index in [4.69, 9.17) is 32.3 Å². The van der Waals surface area contributed by atoms with Gasteiger partial charge in [-0.15, -0.1) is 6.58 Å². The van der Waals surface area contributed by atoms with Gasteiger partial charge in [0.2, 0.25) is 17.7 Å². The number of benzene rings is 5. The van der Waals surface area contributed by atoms with Crippen molar-refractivity contribution in [2.75, 3.05) is 26.9 Å². The summed E-state index contributed by atoms with van der Waals surface area (Å²) in [5.41, 5.74) is 5.20. The largest absolute Gasteiger partial charge is 0.508 e. The number of aryl methyl sites for hydroxylation is 3. The van der Waals surface area contributed by atoms with E-state index in [0.717, 1.165) is 5.56 Å². The summed E-state index contributed by atoms with van der Waals surface area (Å²) in [6.07, 6.45) is 1.54. The highest BCUT2D eigenvalue weighted by atomic mass is 32.2. The second-order valence-electron chi connectivity index (χ2n) is 16.5. The Balaban J connectivity index is 1.11. The van der Waals surface area contributed by atoms with Crippen LogP contribution in [-0.4, -0.2) is 83.7 Å². The molecule has 0 aliphatic rings. The number of rotatable bonds is 22. The van der Waals surface area contributed by atoms with Crippen molar-refractivity contribution >= 4 is 27.2 Å². The molecule has 5 aromatic carbocycles. The average Bonchev–Trinajstić information content (AvgIpc) is 3.75. The molecule has 0 saturated carbocycles. The number of hydrogen-bond donors (Lipinski definition) is 2. The van der Waals surface area contributed by atoms with E-state index < -0.39 is 34.1 Å². The number of para-hydroxylation sites is 1. The summed E-state index contributed by atoms with van der Waals surface area (Å²) in [6, 6.07) is 28.7. The molecule has 0 unspecified atom stereocenters. The van der Waals surface area contributed by atoms with Crippen molar-refractivity contribution in [2.45, 2.75) is 50.9 Å². The molecule has 0 saturated heterocycles. The second-order valence-corrected chi connectivity index (χ2v) is 18.1. The van der Waals surface area contributed by atoms with Crippen LogP contribution in [0.4, 0.5) is 4.39 Å². The second kappa shape index (κ2) is 22.3. The highest BCUT2D eigenvalue weighted by Gasteiger charge is 2.30. The molecule has 3 aromatic heterocycles.